The third-order valence-corrected chi connectivity index (χ3v) is 3.10. The van der Waals surface area contributed by atoms with Crippen LogP contribution in [0.25, 0.3) is 0 Å². The Morgan fingerprint density at radius 3 is 2.27 bits per heavy atom. The van der Waals surface area contributed by atoms with Crippen molar-refractivity contribution >= 4 is 26.6 Å². The van der Waals surface area contributed by atoms with Gasteiger partial charge in [0.25, 0.3) is 0 Å². The molecule has 0 N–H and O–H groups in total. The van der Waals surface area contributed by atoms with Crippen molar-refractivity contribution in [2.75, 3.05) is 4.93 Å². The van der Waals surface area contributed by atoms with E-state index in [1.165, 1.54) is 4.93 Å². The van der Waals surface area contributed by atoms with Crippen LogP contribution in [0.3, 0.4) is 0 Å². The van der Waals surface area contributed by atoms with Crippen molar-refractivity contribution in [3.05, 3.63) is 0 Å². The van der Waals surface area contributed by atoms with Gasteiger partial charge in [-0.2, -0.15) is 0 Å². The van der Waals surface area contributed by atoms with E-state index in [9.17, 15) is 13.6 Å². The minimum atomic E-state index is -3.20. The van der Waals surface area contributed by atoms with Gasteiger partial charge < -0.3 is 0 Å². The number of carbonyl (C=O) groups is 1. The Balaban J connectivity index is 3.69. The summed E-state index contributed by atoms with van der Waals surface area (Å²) in [5, 5.41) is 0. The standard InChI is InChI=1S/C5H9F2IO3/c1-4(9)10-8(3)11-5(2,6)7/h1-3H3. The molecule has 0 saturated heterocycles. The van der Waals surface area contributed by atoms with Crippen LogP contribution in [0.15, 0.2) is 0 Å². The molecule has 0 aromatic rings. The SMILES string of the molecule is CC(=O)OI(C)OC(C)(F)F. The van der Waals surface area contributed by atoms with Gasteiger partial charge in [-0.15, -0.1) is 0 Å². The summed E-state index contributed by atoms with van der Waals surface area (Å²) in [6.07, 6.45) is -3.20. The molecule has 0 heterocycles. The molecule has 0 amide bonds. The summed E-state index contributed by atoms with van der Waals surface area (Å²) in [6, 6.07) is 0. The summed E-state index contributed by atoms with van der Waals surface area (Å²) >= 11 is -2.65. The summed E-state index contributed by atoms with van der Waals surface area (Å²) in [7, 11) is 0. The first-order chi connectivity index (χ1) is 4.81. The van der Waals surface area contributed by atoms with Crippen LogP contribution >= 0.6 is 20.6 Å². The van der Waals surface area contributed by atoms with Crippen molar-refractivity contribution in [1.82, 2.24) is 0 Å². The number of carbonyl (C=O) groups excluding carboxylic acids is 1. The Labute approximate surface area is 71.5 Å². The summed E-state index contributed by atoms with van der Waals surface area (Å²) < 4.78 is 32.7. The zero-order chi connectivity index (χ0) is 9.07. The van der Waals surface area contributed by atoms with Crippen molar-refractivity contribution < 1.29 is 19.7 Å². The average Bonchev–Trinajstić information content (AvgIpc) is 1.53. The van der Waals surface area contributed by atoms with Gasteiger partial charge in [-0.3, -0.25) is 0 Å². The third-order valence-electron chi connectivity index (χ3n) is 0.461. The van der Waals surface area contributed by atoms with E-state index in [1.807, 2.05) is 0 Å². The molecule has 0 saturated carbocycles. The second-order valence-electron chi connectivity index (χ2n) is 1.83. The number of rotatable bonds is 3. The van der Waals surface area contributed by atoms with Crippen LogP contribution in [-0.2, 0) is 10.9 Å². The summed E-state index contributed by atoms with van der Waals surface area (Å²) in [4.78, 5) is 11.6. The first-order valence-corrected chi connectivity index (χ1v) is 6.60. The summed E-state index contributed by atoms with van der Waals surface area (Å²) in [5.74, 6) is -0.582. The van der Waals surface area contributed by atoms with Crippen LogP contribution in [0, 0.1) is 0 Å². The second-order valence-corrected chi connectivity index (χ2v) is 4.83. The average molecular weight is 282 g/mol. The van der Waals surface area contributed by atoms with E-state index in [-0.39, 0.29) is 0 Å². The number of halogens is 3. The molecule has 0 radical (unpaired) electrons. The fourth-order valence-electron chi connectivity index (χ4n) is 0.360. The molecule has 0 aromatic carbocycles. The van der Waals surface area contributed by atoms with Gasteiger partial charge in [0.05, 0.1) is 0 Å². The van der Waals surface area contributed by atoms with E-state index in [0.717, 1.165) is 6.92 Å². The summed E-state index contributed by atoms with van der Waals surface area (Å²) in [6.45, 7) is 1.77. The molecule has 0 aliphatic rings. The minimum absolute atomic E-state index is 0.582. The maximum absolute atomic E-state index is 12.0. The van der Waals surface area contributed by atoms with Gasteiger partial charge in [-0.25, -0.2) is 0 Å². The van der Waals surface area contributed by atoms with Crippen molar-refractivity contribution in [3.8, 4) is 0 Å². The Kier molecular flexibility index (Phi) is 4.16. The molecule has 11 heavy (non-hydrogen) atoms. The van der Waals surface area contributed by atoms with Crippen LogP contribution in [0.4, 0.5) is 8.78 Å². The quantitative estimate of drug-likeness (QED) is 0.587. The molecular weight excluding hydrogens is 273 g/mol. The number of hydrogen-bond acceptors (Lipinski definition) is 3. The van der Waals surface area contributed by atoms with Crippen LogP contribution in [0.1, 0.15) is 13.8 Å². The van der Waals surface area contributed by atoms with E-state index >= 15 is 0 Å². The van der Waals surface area contributed by atoms with E-state index in [1.54, 1.807) is 0 Å². The molecule has 0 aliphatic carbocycles. The van der Waals surface area contributed by atoms with E-state index in [2.05, 4.69) is 6.13 Å². The van der Waals surface area contributed by atoms with Gasteiger partial charge in [0.1, 0.15) is 0 Å². The molecule has 0 aliphatic heterocycles. The monoisotopic (exact) mass is 282 g/mol. The van der Waals surface area contributed by atoms with Crippen LogP contribution < -0.4 is 0 Å². The predicted molar refractivity (Wildman–Crippen MR) is 43.4 cm³/mol. The van der Waals surface area contributed by atoms with Gasteiger partial charge in [-0.1, -0.05) is 0 Å². The Hall–Kier alpha value is 0.0200. The number of hydrogen-bond donors (Lipinski definition) is 0. The molecule has 0 atom stereocenters. The van der Waals surface area contributed by atoms with Gasteiger partial charge in [0.2, 0.25) is 0 Å². The second kappa shape index (κ2) is 4.15. The zero-order valence-electron chi connectivity index (χ0n) is 6.36. The predicted octanol–water partition coefficient (Wildman–Crippen LogP) is 2.14. The third kappa shape index (κ3) is 7.92. The number of alkyl halides is 3. The van der Waals surface area contributed by atoms with Crippen molar-refractivity contribution in [2.45, 2.75) is 20.0 Å². The van der Waals surface area contributed by atoms with E-state index < -0.39 is 32.7 Å². The zero-order valence-corrected chi connectivity index (χ0v) is 8.52. The Morgan fingerprint density at radius 2 is 2.00 bits per heavy atom. The van der Waals surface area contributed by atoms with Gasteiger partial charge in [-0.05, 0) is 0 Å². The molecule has 6 heteroatoms. The fourth-order valence-corrected chi connectivity index (χ4v) is 2.41. The topological polar surface area (TPSA) is 35.5 Å². The van der Waals surface area contributed by atoms with E-state index in [4.69, 9.17) is 0 Å². The first-order valence-electron chi connectivity index (χ1n) is 2.68. The van der Waals surface area contributed by atoms with E-state index in [0.29, 0.717) is 6.92 Å². The molecular formula is C5H9F2IO3. The van der Waals surface area contributed by atoms with Crippen LogP contribution in [0.2, 0.25) is 0 Å². The van der Waals surface area contributed by atoms with Gasteiger partial charge in [0, 0.05) is 0 Å². The van der Waals surface area contributed by atoms with Gasteiger partial charge >= 0.3 is 71.2 Å². The normalized spacial score (nSPS) is 12.6. The molecule has 0 unspecified atom stereocenters. The molecule has 3 nitrogen and oxygen atoms in total. The molecule has 0 fully saturated rings. The van der Waals surface area contributed by atoms with Crippen LogP contribution in [0.5, 0.6) is 0 Å². The van der Waals surface area contributed by atoms with Crippen molar-refractivity contribution in [1.29, 1.82) is 0 Å². The van der Waals surface area contributed by atoms with Crippen molar-refractivity contribution in [3.63, 3.8) is 0 Å². The van der Waals surface area contributed by atoms with Crippen molar-refractivity contribution in [2.24, 2.45) is 0 Å². The van der Waals surface area contributed by atoms with Crippen LogP contribution in [-0.4, -0.2) is 17.0 Å². The molecule has 0 bridgehead atoms. The maximum atomic E-state index is 12.0. The fraction of sp³-hybridized carbons (Fsp3) is 0.800. The summed E-state index contributed by atoms with van der Waals surface area (Å²) in [5.41, 5.74) is 0. The molecule has 0 spiro atoms. The Morgan fingerprint density at radius 1 is 1.55 bits per heavy atom. The molecule has 68 valence electrons. The molecule has 0 rings (SSSR count). The Bertz CT molecular complexity index is 145. The van der Waals surface area contributed by atoms with Gasteiger partial charge in [0.15, 0.2) is 0 Å². The molecule has 0 aromatic heterocycles. The first kappa shape index (κ1) is 11.0.